The van der Waals surface area contributed by atoms with Crippen molar-refractivity contribution < 1.29 is 15.2 Å². The van der Waals surface area contributed by atoms with Crippen molar-refractivity contribution in [2.45, 2.75) is 142 Å². The molecule has 0 aliphatic rings. The molecule has 3 heteroatoms. The molecule has 0 aromatic carbocycles. The summed E-state index contributed by atoms with van der Waals surface area (Å²) in [5.41, 5.74) is 0. The molecule has 0 aliphatic carbocycles. The minimum Gasteiger partial charge on any atom is -0.182 e. The van der Waals surface area contributed by atoms with Crippen LogP contribution in [0, 0.1) is 0 Å². The number of hydrogen-bond donors (Lipinski definition) is 2. The lowest BCUT2D eigenvalue weighted by Gasteiger charge is -2.20. The van der Waals surface area contributed by atoms with Crippen molar-refractivity contribution in [1.82, 2.24) is 0 Å². The van der Waals surface area contributed by atoms with Crippen LogP contribution in [0.15, 0.2) is 0 Å². The number of rotatable bonds is 22. The maximum Gasteiger partial charge on any atom is 0.142 e. The standard InChI is InChI=1S/C24H52NO2/c1-3-5-7-8-9-10-11-12-13-14-15-16-17-18-19-20-21-22-24-25(26,27)23-6-4-2/h26-27H,3-24H2,1-2H3/q+1. The van der Waals surface area contributed by atoms with Gasteiger partial charge in [0, 0.05) is 12.8 Å². The van der Waals surface area contributed by atoms with Gasteiger partial charge in [0.1, 0.15) is 13.1 Å². The smallest absolute Gasteiger partial charge is 0.142 e. The molecule has 0 spiro atoms. The highest BCUT2D eigenvalue weighted by atomic mass is 16.8. The Morgan fingerprint density at radius 2 is 0.630 bits per heavy atom. The lowest BCUT2D eigenvalue weighted by molar-refractivity contribution is -1.24. The third kappa shape index (κ3) is 22.0. The van der Waals surface area contributed by atoms with Gasteiger partial charge < -0.3 is 0 Å². The van der Waals surface area contributed by atoms with Gasteiger partial charge in [-0.2, -0.15) is 10.4 Å². The minimum atomic E-state index is -0.771. The molecule has 0 fully saturated rings. The summed E-state index contributed by atoms with van der Waals surface area (Å²) in [7, 11) is 0. The summed E-state index contributed by atoms with van der Waals surface area (Å²) in [4.78, 5) is -0.771. The highest BCUT2D eigenvalue weighted by molar-refractivity contribution is 4.50. The van der Waals surface area contributed by atoms with Crippen molar-refractivity contribution in [1.29, 1.82) is 0 Å². The number of quaternary nitrogens is 1. The van der Waals surface area contributed by atoms with Gasteiger partial charge in [-0.3, -0.25) is 0 Å². The Labute approximate surface area is 171 Å². The lowest BCUT2D eigenvalue weighted by atomic mass is 10.0. The molecule has 0 heterocycles. The Balaban J connectivity index is 3.13. The molecule has 3 nitrogen and oxygen atoms in total. The molecule has 0 atom stereocenters. The molecule has 0 amide bonds. The zero-order valence-electron chi connectivity index (χ0n) is 18.9. The van der Waals surface area contributed by atoms with Crippen molar-refractivity contribution in [2.24, 2.45) is 0 Å². The van der Waals surface area contributed by atoms with E-state index in [9.17, 15) is 10.4 Å². The fraction of sp³-hybridized carbons (Fsp3) is 1.00. The summed E-state index contributed by atoms with van der Waals surface area (Å²) < 4.78 is 0. The van der Waals surface area contributed by atoms with Crippen molar-refractivity contribution in [2.75, 3.05) is 13.1 Å². The molecule has 0 saturated heterocycles. The fourth-order valence-corrected chi connectivity index (χ4v) is 3.79. The first-order chi connectivity index (χ1) is 13.1. The summed E-state index contributed by atoms with van der Waals surface area (Å²) in [6.45, 7) is 5.32. The highest BCUT2D eigenvalue weighted by Crippen LogP contribution is 2.14. The summed E-state index contributed by atoms with van der Waals surface area (Å²) in [5, 5.41) is 19.5. The van der Waals surface area contributed by atoms with Gasteiger partial charge in [-0.15, -0.1) is 0 Å². The second kappa shape index (κ2) is 20.6. The van der Waals surface area contributed by atoms with Crippen molar-refractivity contribution in [3.05, 3.63) is 0 Å². The molecule has 0 radical (unpaired) electrons. The Morgan fingerprint density at radius 3 is 0.963 bits per heavy atom. The highest BCUT2D eigenvalue weighted by Gasteiger charge is 2.20. The van der Waals surface area contributed by atoms with Crippen molar-refractivity contribution in [3.63, 3.8) is 0 Å². The maximum atomic E-state index is 9.77. The van der Waals surface area contributed by atoms with Crippen LogP contribution in [-0.4, -0.2) is 28.3 Å². The van der Waals surface area contributed by atoms with E-state index in [0.29, 0.717) is 13.1 Å². The molecule has 0 aliphatic heterocycles. The van der Waals surface area contributed by atoms with Gasteiger partial charge in [0.05, 0.1) is 0 Å². The zero-order chi connectivity index (χ0) is 20.1. The van der Waals surface area contributed by atoms with E-state index in [1.165, 1.54) is 103 Å². The quantitative estimate of drug-likeness (QED) is 0.111. The largest absolute Gasteiger partial charge is 0.182 e. The van der Waals surface area contributed by atoms with E-state index in [1.54, 1.807) is 0 Å². The Hall–Kier alpha value is -0.120. The number of unbranched alkanes of at least 4 members (excludes halogenated alkanes) is 18. The van der Waals surface area contributed by atoms with Crippen LogP contribution < -0.4 is 0 Å². The second-order valence-corrected chi connectivity index (χ2v) is 8.69. The maximum absolute atomic E-state index is 9.77. The van der Waals surface area contributed by atoms with Crippen LogP contribution in [0.4, 0.5) is 0 Å². The van der Waals surface area contributed by atoms with Gasteiger partial charge in [-0.1, -0.05) is 123 Å². The molecule has 0 rings (SSSR count). The number of nitrogens with zero attached hydrogens (tertiary/aromatic N) is 1. The fourth-order valence-electron chi connectivity index (χ4n) is 3.79. The first-order valence-electron chi connectivity index (χ1n) is 12.4. The molecule has 0 aromatic rings. The summed E-state index contributed by atoms with van der Waals surface area (Å²) >= 11 is 0. The summed E-state index contributed by atoms with van der Waals surface area (Å²) in [5.74, 6) is 0. The number of hydrogen-bond acceptors (Lipinski definition) is 2. The van der Waals surface area contributed by atoms with Crippen LogP contribution in [0.3, 0.4) is 0 Å². The summed E-state index contributed by atoms with van der Waals surface area (Å²) in [6.07, 6.45) is 26.4. The average Bonchev–Trinajstić information content (AvgIpc) is 2.65. The van der Waals surface area contributed by atoms with Crippen LogP contribution in [0.25, 0.3) is 0 Å². The SMILES string of the molecule is CCCCCCCCCCCCCCCCCCCC[N+](O)(O)CCCC. The van der Waals surface area contributed by atoms with Gasteiger partial charge in [-0.25, -0.2) is 0 Å². The normalized spacial score (nSPS) is 12.0. The van der Waals surface area contributed by atoms with E-state index in [2.05, 4.69) is 13.8 Å². The molecule has 2 N–H and O–H groups in total. The van der Waals surface area contributed by atoms with Crippen LogP contribution in [0.2, 0.25) is 0 Å². The molecule has 0 unspecified atom stereocenters. The topological polar surface area (TPSA) is 40.5 Å². The van der Waals surface area contributed by atoms with E-state index in [-0.39, 0.29) is 0 Å². The van der Waals surface area contributed by atoms with E-state index in [4.69, 9.17) is 0 Å². The molecule has 0 saturated carbocycles. The third-order valence-corrected chi connectivity index (χ3v) is 5.74. The van der Waals surface area contributed by atoms with E-state index in [1.807, 2.05) is 0 Å². The summed E-state index contributed by atoms with van der Waals surface area (Å²) in [6, 6.07) is 0. The van der Waals surface area contributed by atoms with Crippen LogP contribution in [0.5, 0.6) is 0 Å². The predicted molar refractivity (Wildman–Crippen MR) is 117 cm³/mol. The van der Waals surface area contributed by atoms with Crippen LogP contribution in [0.1, 0.15) is 142 Å². The first-order valence-corrected chi connectivity index (χ1v) is 12.4. The molecule has 27 heavy (non-hydrogen) atoms. The molecule has 0 aromatic heterocycles. The van der Waals surface area contributed by atoms with Crippen molar-refractivity contribution in [3.8, 4) is 0 Å². The van der Waals surface area contributed by atoms with Crippen molar-refractivity contribution >= 4 is 0 Å². The second-order valence-electron chi connectivity index (χ2n) is 8.69. The van der Waals surface area contributed by atoms with Gasteiger partial charge >= 0.3 is 0 Å². The minimum absolute atomic E-state index is 0.468. The predicted octanol–water partition coefficient (Wildman–Crippen LogP) is 8.42. The molecule has 164 valence electrons. The number of hydroxylamine groups is 4. The van der Waals surface area contributed by atoms with Crippen LogP contribution >= 0.6 is 0 Å². The molecular formula is C24H52NO2+. The van der Waals surface area contributed by atoms with Gasteiger partial charge in [0.15, 0.2) is 0 Å². The van der Waals surface area contributed by atoms with E-state index in [0.717, 1.165) is 25.7 Å². The Morgan fingerprint density at radius 1 is 0.370 bits per heavy atom. The van der Waals surface area contributed by atoms with Gasteiger partial charge in [0.25, 0.3) is 0 Å². The third-order valence-electron chi connectivity index (χ3n) is 5.74. The van der Waals surface area contributed by atoms with Gasteiger partial charge in [-0.05, 0) is 11.2 Å². The zero-order valence-corrected chi connectivity index (χ0v) is 18.9. The first kappa shape index (κ1) is 26.9. The van der Waals surface area contributed by atoms with E-state index < -0.39 is 4.81 Å². The Bertz CT molecular complexity index is 282. The lowest BCUT2D eigenvalue weighted by Crippen LogP contribution is -2.42. The molecule has 0 bridgehead atoms. The average molecular weight is 387 g/mol. The molecular weight excluding hydrogens is 334 g/mol. The Kier molecular flexibility index (Phi) is 20.5. The van der Waals surface area contributed by atoms with Gasteiger partial charge in [0.2, 0.25) is 0 Å². The van der Waals surface area contributed by atoms with Crippen LogP contribution in [-0.2, 0) is 0 Å². The monoisotopic (exact) mass is 386 g/mol. The van der Waals surface area contributed by atoms with E-state index >= 15 is 0 Å².